The number of aromatic nitrogens is 3. The molecule has 0 aliphatic rings. The van der Waals surface area contributed by atoms with Gasteiger partial charge in [-0.05, 0) is 87.6 Å². The van der Waals surface area contributed by atoms with Gasteiger partial charge in [0.15, 0.2) is 0 Å². The fourth-order valence-electron chi connectivity index (χ4n) is 5.23. The van der Waals surface area contributed by atoms with Crippen molar-refractivity contribution in [2.24, 2.45) is 0 Å². The second-order valence-electron chi connectivity index (χ2n) is 11.3. The number of H-pyrrole nitrogens is 1. The maximum absolute atomic E-state index is 13.5. The highest BCUT2D eigenvalue weighted by molar-refractivity contribution is 6.08. The Labute approximate surface area is 256 Å². The molecule has 11 nitrogen and oxygen atoms in total. The van der Waals surface area contributed by atoms with Crippen LogP contribution in [0.3, 0.4) is 0 Å². The lowest BCUT2D eigenvalue weighted by atomic mass is 9.99. The van der Waals surface area contributed by atoms with Gasteiger partial charge in [0, 0.05) is 47.8 Å². The van der Waals surface area contributed by atoms with Crippen LogP contribution in [0.4, 0.5) is 5.69 Å². The SMILES string of the molecule is Cc1cc(C)c(CNC(=O)c2cc(-c3ccc(NC(=O)CCCCCCC(=O)NO)cc3)cc3c2cnn3C(C)C)c(=O)[nH]1. The minimum atomic E-state index is -0.401. The molecular formula is C33H40N6O5. The molecule has 2 aromatic carbocycles. The molecular weight excluding hydrogens is 560 g/mol. The number of hydroxylamine groups is 1. The Kier molecular flexibility index (Phi) is 10.7. The van der Waals surface area contributed by atoms with Crippen LogP contribution < -0.4 is 21.7 Å². The molecule has 44 heavy (non-hydrogen) atoms. The molecule has 0 radical (unpaired) electrons. The normalized spacial score (nSPS) is 11.1. The van der Waals surface area contributed by atoms with Crippen molar-refractivity contribution in [2.75, 3.05) is 5.32 Å². The Bertz CT molecular complexity index is 1700. The van der Waals surface area contributed by atoms with Crippen LogP contribution in [0.25, 0.3) is 22.0 Å². The highest BCUT2D eigenvalue weighted by atomic mass is 16.5. The highest BCUT2D eigenvalue weighted by Crippen LogP contribution is 2.30. The van der Waals surface area contributed by atoms with E-state index in [0.29, 0.717) is 36.1 Å². The molecule has 0 saturated carbocycles. The van der Waals surface area contributed by atoms with Crippen molar-refractivity contribution in [3.8, 4) is 11.1 Å². The average molecular weight is 601 g/mol. The molecule has 0 spiro atoms. The molecule has 0 aliphatic carbocycles. The number of anilines is 1. The Morgan fingerprint density at radius 1 is 0.932 bits per heavy atom. The number of aromatic amines is 1. The molecule has 0 saturated heterocycles. The van der Waals surface area contributed by atoms with E-state index in [9.17, 15) is 19.2 Å². The van der Waals surface area contributed by atoms with Gasteiger partial charge in [0.1, 0.15) is 0 Å². The van der Waals surface area contributed by atoms with Gasteiger partial charge in [-0.2, -0.15) is 5.10 Å². The lowest BCUT2D eigenvalue weighted by Crippen LogP contribution is -2.28. The number of aryl methyl sites for hydroxylation is 2. The predicted molar refractivity (Wildman–Crippen MR) is 170 cm³/mol. The summed E-state index contributed by atoms with van der Waals surface area (Å²) in [6.45, 7) is 7.82. The molecule has 5 N–H and O–H groups in total. The predicted octanol–water partition coefficient (Wildman–Crippen LogP) is 5.30. The molecule has 0 atom stereocenters. The van der Waals surface area contributed by atoms with Gasteiger partial charge < -0.3 is 15.6 Å². The molecule has 4 rings (SSSR count). The average Bonchev–Trinajstić information content (AvgIpc) is 3.42. The first-order valence-electron chi connectivity index (χ1n) is 14.9. The Balaban J connectivity index is 1.48. The minimum Gasteiger partial charge on any atom is -0.348 e. The maximum atomic E-state index is 13.5. The molecule has 3 amide bonds. The summed E-state index contributed by atoms with van der Waals surface area (Å²) in [6.07, 6.45) is 5.32. The molecule has 232 valence electrons. The summed E-state index contributed by atoms with van der Waals surface area (Å²) in [4.78, 5) is 52.3. The van der Waals surface area contributed by atoms with Crippen molar-refractivity contribution in [1.29, 1.82) is 0 Å². The zero-order valence-electron chi connectivity index (χ0n) is 25.6. The number of rotatable bonds is 13. The van der Waals surface area contributed by atoms with Gasteiger partial charge in [-0.3, -0.25) is 29.1 Å². The number of carbonyl (C=O) groups is 3. The monoisotopic (exact) mass is 600 g/mol. The van der Waals surface area contributed by atoms with Crippen LogP contribution in [0.5, 0.6) is 0 Å². The van der Waals surface area contributed by atoms with Crippen LogP contribution in [0.2, 0.25) is 0 Å². The summed E-state index contributed by atoms with van der Waals surface area (Å²) in [5.41, 5.74) is 7.13. The van der Waals surface area contributed by atoms with Gasteiger partial charge >= 0.3 is 0 Å². The van der Waals surface area contributed by atoms with Crippen LogP contribution in [-0.4, -0.2) is 37.7 Å². The lowest BCUT2D eigenvalue weighted by molar-refractivity contribution is -0.129. The fraction of sp³-hybridized carbons (Fsp3) is 0.364. The van der Waals surface area contributed by atoms with E-state index in [2.05, 4.69) is 20.7 Å². The number of nitrogens with one attached hydrogen (secondary N) is 4. The number of pyridine rings is 1. The molecule has 0 fully saturated rings. The molecule has 2 heterocycles. The van der Waals surface area contributed by atoms with Crippen LogP contribution in [0, 0.1) is 13.8 Å². The molecule has 11 heteroatoms. The Hall–Kier alpha value is -4.77. The van der Waals surface area contributed by atoms with E-state index in [4.69, 9.17) is 5.21 Å². The van der Waals surface area contributed by atoms with Crippen molar-refractivity contribution in [3.63, 3.8) is 0 Å². The number of hydrogen-bond donors (Lipinski definition) is 5. The molecule has 0 unspecified atom stereocenters. The third kappa shape index (κ3) is 7.99. The zero-order valence-corrected chi connectivity index (χ0v) is 25.6. The summed E-state index contributed by atoms with van der Waals surface area (Å²) >= 11 is 0. The van der Waals surface area contributed by atoms with Crippen molar-refractivity contribution in [1.82, 2.24) is 25.6 Å². The summed E-state index contributed by atoms with van der Waals surface area (Å²) in [7, 11) is 0. The van der Waals surface area contributed by atoms with Gasteiger partial charge in [-0.15, -0.1) is 0 Å². The van der Waals surface area contributed by atoms with E-state index in [0.717, 1.165) is 46.1 Å². The summed E-state index contributed by atoms with van der Waals surface area (Å²) in [6, 6.07) is 13.2. The van der Waals surface area contributed by atoms with E-state index < -0.39 is 5.91 Å². The summed E-state index contributed by atoms with van der Waals surface area (Å²) < 4.78 is 1.88. The van der Waals surface area contributed by atoms with Crippen molar-refractivity contribution < 1.29 is 19.6 Å². The summed E-state index contributed by atoms with van der Waals surface area (Å²) in [5, 5.41) is 19.6. The number of amides is 3. The van der Waals surface area contributed by atoms with Gasteiger partial charge in [-0.1, -0.05) is 25.0 Å². The second kappa shape index (κ2) is 14.6. The molecule has 0 bridgehead atoms. The number of fused-ring (bicyclic) bond motifs is 1. The number of benzene rings is 2. The van der Waals surface area contributed by atoms with Crippen molar-refractivity contribution >= 4 is 34.3 Å². The van der Waals surface area contributed by atoms with E-state index in [-0.39, 0.29) is 36.4 Å². The Morgan fingerprint density at radius 2 is 1.61 bits per heavy atom. The quantitative estimate of drug-likeness (QED) is 0.0795. The van der Waals surface area contributed by atoms with E-state index >= 15 is 0 Å². The van der Waals surface area contributed by atoms with E-state index in [1.54, 1.807) is 11.7 Å². The van der Waals surface area contributed by atoms with E-state index in [1.807, 2.05) is 74.8 Å². The maximum Gasteiger partial charge on any atom is 0.253 e. The zero-order chi connectivity index (χ0) is 31.8. The topological polar surface area (TPSA) is 158 Å². The molecule has 4 aromatic rings. The van der Waals surface area contributed by atoms with Crippen molar-refractivity contribution in [3.05, 3.63) is 81.4 Å². The lowest BCUT2D eigenvalue weighted by Gasteiger charge is -2.13. The third-order valence-corrected chi connectivity index (χ3v) is 7.55. The first-order valence-corrected chi connectivity index (χ1v) is 14.9. The van der Waals surface area contributed by atoms with Gasteiger partial charge in [0.05, 0.1) is 17.3 Å². The van der Waals surface area contributed by atoms with Crippen LogP contribution in [0.1, 0.15) is 85.6 Å². The number of nitrogens with zero attached hydrogens (tertiary/aromatic N) is 2. The first kappa shape index (κ1) is 32.2. The second-order valence-corrected chi connectivity index (χ2v) is 11.3. The molecule has 2 aromatic heterocycles. The molecule has 0 aliphatic heterocycles. The number of unbranched alkanes of at least 4 members (excludes halogenated alkanes) is 3. The number of hydrogen-bond acceptors (Lipinski definition) is 6. The fourth-order valence-corrected chi connectivity index (χ4v) is 5.23. The highest BCUT2D eigenvalue weighted by Gasteiger charge is 2.18. The van der Waals surface area contributed by atoms with E-state index in [1.165, 1.54) is 0 Å². The third-order valence-electron chi connectivity index (χ3n) is 7.55. The van der Waals surface area contributed by atoms with Gasteiger partial charge in [0.2, 0.25) is 11.8 Å². The first-order chi connectivity index (χ1) is 21.1. The van der Waals surface area contributed by atoms with Crippen molar-refractivity contribution in [2.45, 2.75) is 78.8 Å². The van der Waals surface area contributed by atoms with Crippen LogP contribution in [0.15, 0.2) is 53.5 Å². The van der Waals surface area contributed by atoms with Gasteiger partial charge in [-0.25, -0.2) is 5.48 Å². The Morgan fingerprint density at radius 3 is 2.25 bits per heavy atom. The van der Waals surface area contributed by atoms with Crippen LogP contribution in [-0.2, 0) is 16.1 Å². The minimum absolute atomic E-state index is 0.0741. The van der Waals surface area contributed by atoms with Gasteiger partial charge in [0.25, 0.3) is 11.5 Å². The number of carbonyl (C=O) groups excluding carboxylic acids is 3. The standard InChI is InChI=1S/C33H40N6O5/c1-20(2)39-29-17-24(23-11-13-25(14-12-23)37-30(40)9-7-5-6-8-10-31(41)38-44)16-26(28(29)19-35-39)32(42)34-18-27-21(3)15-22(4)36-33(27)43/h11-17,19-20,44H,5-10,18H2,1-4H3,(H,34,42)(H,36,43)(H,37,40)(H,38,41). The smallest absolute Gasteiger partial charge is 0.253 e. The summed E-state index contributed by atoms with van der Waals surface area (Å²) in [5.74, 6) is -0.795. The largest absolute Gasteiger partial charge is 0.348 e. The van der Waals surface area contributed by atoms with Crippen LogP contribution >= 0.6 is 0 Å².